The van der Waals surface area contributed by atoms with Gasteiger partial charge in [-0.25, -0.2) is 14.1 Å². The molecule has 0 fully saturated rings. The highest BCUT2D eigenvalue weighted by atomic mass is 19.4. The van der Waals surface area contributed by atoms with Crippen molar-refractivity contribution in [3.05, 3.63) is 65.7 Å². The Morgan fingerprint density at radius 1 is 1.03 bits per heavy atom. The molecule has 1 aromatic heterocycles. The number of carbonyl (C=O) groups excluding carboxylic acids is 1. The summed E-state index contributed by atoms with van der Waals surface area (Å²) in [4.78, 5) is 15.4. The predicted molar refractivity (Wildman–Crippen MR) is 95.9 cm³/mol. The van der Waals surface area contributed by atoms with Crippen LogP contribution in [0, 0.1) is 5.82 Å². The fourth-order valence-corrected chi connectivity index (χ4v) is 2.53. The number of aromatic nitrogens is 3. The van der Waals surface area contributed by atoms with Crippen LogP contribution < -0.4 is 5.73 Å². The van der Waals surface area contributed by atoms with Gasteiger partial charge in [0.05, 0.1) is 17.9 Å². The van der Waals surface area contributed by atoms with Crippen molar-refractivity contribution >= 4 is 5.91 Å². The topological polar surface area (TPSA) is 83.0 Å². The maximum atomic E-state index is 14.2. The third-order valence-electron chi connectivity index (χ3n) is 4.09. The highest BCUT2D eigenvalue weighted by molar-refractivity contribution is 5.89. The highest BCUT2D eigenvalue weighted by Gasteiger charge is 2.57. The van der Waals surface area contributed by atoms with E-state index >= 15 is 0 Å². The first kappa shape index (κ1) is 22.3. The molecule has 2 N–H and O–H groups in total. The molecule has 0 bridgehead atoms. The summed E-state index contributed by atoms with van der Waals surface area (Å²) in [7, 11) is 0. The minimum absolute atomic E-state index is 0.0132. The van der Waals surface area contributed by atoms with Gasteiger partial charge in [0.15, 0.2) is 5.82 Å². The molecule has 0 aliphatic rings. The van der Waals surface area contributed by atoms with Gasteiger partial charge in [-0.05, 0) is 29.8 Å². The molecule has 0 unspecified atom stereocenters. The summed E-state index contributed by atoms with van der Waals surface area (Å²) < 4.78 is 82.1. The zero-order valence-electron chi connectivity index (χ0n) is 15.5. The second-order valence-electron chi connectivity index (χ2n) is 6.38. The third-order valence-corrected chi connectivity index (χ3v) is 4.09. The van der Waals surface area contributed by atoms with E-state index in [9.17, 15) is 31.1 Å². The van der Waals surface area contributed by atoms with E-state index in [1.165, 1.54) is 42.5 Å². The Hall–Kier alpha value is -3.41. The van der Waals surface area contributed by atoms with E-state index in [0.717, 1.165) is 4.68 Å². The number of rotatable bonds is 7. The zero-order valence-corrected chi connectivity index (χ0v) is 15.5. The number of nitrogens with two attached hydrogens (primary N) is 1. The molecular weight excluding hydrogens is 430 g/mol. The largest absolute Gasteiger partial charge is 0.455 e. The molecule has 164 valence electrons. The fourth-order valence-electron chi connectivity index (χ4n) is 2.53. The van der Waals surface area contributed by atoms with Gasteiger partial charge in [-0.15, -0.1) is 5.10 Å². The molecule has 0 saturated heterocycles. The SMILES string of the molecule is NC(=O)c1nc(-c2ccccc2F)n(-c2ccc(COCC(F)(F)C(F)(F)F)cc2)n1. The molecule has 31 heavy (non-hydrogen) atoms. The van der Waals surface area contributed by atoms with Gasteiger partial charge in [-0.1, -0.05) is 24.3 Å². The van der Waals surface area contributed by atoms with Crippen LogP contribution in [0.25, 0.3) is 17.1 Å². The van der Waals surface area contributed by atoms with Crippen LogP contribution in [0.15, 0.2) is 48.5 Å². The Morgan fingerprint density at radius 3 is 2.26 bits per heavy atom. The molecule has 6 nitrogen and oxygen atoms in total. The summed E-state index contributed by atoms with van der Waals surface area (Å²) in [6, 6.07) is 11.2. The van der Waals surface area contributed by atoms with Crippen molar-refractivity contribution in [2.24, 2.45) is 5.73 Å². The number of primary amides is 1. The van der Waals surface area contributed by atoms with Crippen molar-refractivity contribution < 1.29 is 35.9 Å². The third kappa shape index (κ3) is 4.85. The Morgan fingerprint density at radius 2 is 1.68 bits per heavy atom. The number of hydrogen-bond donors (Lipinski definition) is 1. The van der Waals surface area contributed by atoms with Gasteiger partial charge in [0, 0.05) is 0 Å². The van der Waals surface area contributed by atoms with Gasteiger partial charge in [0.2, 0.25) is 5.82 Å². The van der Waals surface area contributed by atoms with Crippen molar-refractivity contribution in [2.45, 2.75) is 18.7 Å². The van der Waals surface area contributed by atoms with E-state index < -0.39 is 37.0 Å². The Labute approximate surface area is 171 Å². The lowest BCUT2D eigenvalue weighted by Gasteiger charge is -2.19. The number of benzene rings is 2. The molecule has 0 spiro atoms. The smallest absolute Gasteiger partial charge is 0.370 e. The highest BCUT2D eigenvalue weighted by Crippen LogP contribution is 2.35. The summed E-state index contributed by atoms with van der Waals surface area (Å²) in [5, 5.41) is 3.96. The molecule has 0 aliphatic carbocycles. The molecule has 0 radical (unpaired) electrons. The Balaban J connectivity index is 1.83. The van der Waals surface area contributed by atoms with E-state index in [2.05, 4.69) is 14.8 Å². The molecule has 0 aliphatic heterocycles. The van der Waals surface area contributed by atoms with Crippen molar-refractivity contribution in [3.63, 3.8) is 0 Å². The molecule has 1 heterocycles. The minimum atomic E-state index is -5.70. The monoisotopic (exact) mass is 444 g/mol. The van der Waals surface area contributed by atoms with Crippen LogP contribution in [0.2, 0.25) is 0 Å². The molecule has 3 aromatic rings. The number of amides is 1. The standard InChI is InChI=1S/C19H14F6N4O2/c20-14-4-2-1-3-13(14)17-27-16(15(26)30)28-29(17)12-7-5-11(6-8-12)9-31-10-18(21,22)19(23,24)25/h1-8H,9-10H2,(H2,26,30). The summed E-state index contributed by atoms with van der Waals surface area (Å²) in [6.07, 6.45) is -5.70. The van der Waals surface area contributed by atoms with Crippen LogP contribution in [0.3, 0.4) is 0 Å². The van der Waals surface area contributed by atoms with Crippen molar-refractivity contribution in [1.29, 1.82) is 0 Å². The first-order valence-electron chi connectivity index (χ1n) is 8.63. The summed E-state index contributed by atoms with van der Waals surface area (Å²) in [6.45, 7) is -2.32. The van der Waals surface area contributed by atoms with Gasteiger partial charge >= 0.3 is 12.1 Å². The lowest BCUT2D eigenvalue weighted by molar-refractivity contribution is -0.297. The second-order valence-corrected chi connectivity index (χ2v) is 6.38. The normalized spacial score (nSPS) is 12.2. The van der Waals surface area contributed by atoms with Gasteiger partial charge in [-0.2, -0.15) is 22.0 Å². The average Bonchev–Trinajstić information content (AvgIpc) is 3.13. The number of nitrogens with zero attached hydrogens (tertiary/aromatic N) is 3. The second kappa shape index (κ2) is 8.38. The maximum absolute atomic E-state index is 14.2. The van der Waals surface area contributed by atoms with Gasteiger partial charge in [-0.3, -0.25) is 4.79 Å². The van der Waals surface area contributed by atoms with Gasteiger partial charge < -0.3 is 10.5 Å². The van der Waals surface area contributed by atoms with Crippen LogP contribution in [0.5, 0.6) is 0 Å². The van der Waals surface area contributed by atoms with Crippen molar-refractivity contribution in [1.82, 2.24) is 14.8 Å². The maximum Gasteiger partial charge on any atom is 0.455 e. The summed E-state index contributed by atoms with van der Waals surface area (Å²) >= 11 is 0. The molecule has 12 heteroatoms. The van der Waals surface area contributed by atoms with Crippen LogP contribution in [-0.2, 0) is 11.3 Å². The van der Waals surface area contributed by atoms with E-state index in [4.69, 9.17) is 5.73 Å². The number of ether oxygens (including phenoxy) is 1. The molecule has 1 amide bonds. The minimum Gasteiger partial charge on any atom is -0.370 e. The van der Waals surface area contributed by atoms with Gasteiger partial charge in [0.1, 0.15) is 12.4 Å². The average molecular weight is 444 g/mol. The lowest BCUT2D eigenvalue weighted by Crippen LogP contribution is -2.40. The van der Waals surface area contributed by atoms with Gasteiger partial charge in [0.25, 0.3) is 5.91 Å². The van der Waals surface area contributed by atoms with Crippen LogP contribution in [0.1, 0.15) is 16.2 Å². The number of carbonyl (C=O) groups is 1. The lowest BCUT2D eigenvalue weighted by atomic mass is 10.2. The fraction of sp³-hybridized carbons (Fsp3) is 0.211. The first-order valence-corrected chi connectivity index (χ1v) is 8.63. The van der Waals surface area contributed by atoms with Crippen molar-refractivity contribution in [2.75, 3.05) is 6.61 Å². The van der Waals surface area contributed by atoms with Crippen LogP contribution in [-0.4, -0.2) is 39.4 Å². The van der Waals surface area contributed by atoms with E-state index in [1.54, 1.807) is 6.07 Å². The van der Waals surface area contributed by atoms with Crippen LogP contribution >= 0.6 is 0 Å². The quantitative estimate of drug-likeness (QED) is 0.561. The van der Waals surface area contributed by atoms with E-state index in [-0.39, 0.29) is 17.2 Å². The van der Waals surface area contributed by atoms with Crippen molar-refractivity contribution in [3.8, 4) is 17.1 Å². The zero-order chi connectivity index (χ0) is 22.8. The molecule has 0 atom stereocenters. The number of hydrogen-bond acceptors (Lipinski definition) is 4. The molecule has 3 rings (SSSR count). The number of alkyl halides is 5. The van der Waals surface area contributed by atoms with Crippen LogP contribution in [0.4, 0.5) is 26.3 Å². The summed E-state index contributed by atoms with van der Waals surface area (Å²) in [5.74, 6) is -6.90. The summed E-state index contributed by atoms with van der Waals surface area (Å²) in [5.41, 5.74) is 5.86. The van der Waals surface area contributed by atoms with E-state index in [0.29, 0.717) is 11.3 Å². The Bertz CT molecular complexity index is 1080. The van der Waals surface area contributed by atoms with E-state index in [1.807, 2.05) is 0 Å². The molecule has 0 saturated carbocycles. The Kier molecular flexibility index (Phi) is 6.02. The predicted octanol–water partition coefficient (Wildman–Crippen LogP) is 3.89. The molecular formula is C19H14F6N4O2. The first-order chi connectivity index (χ1) is 14.5. The number of halogens is 6. The molecule has 2 aromatic carbocycles.